The summed E-state index contributed by atoms with van der Waals surface area (Å²) in [6.07, 6.45) is 1.06. The summed E-state index contributed by atoms with van der Waals surface area (Å²) < 4.78 is 13.2. The van der Waals surface area contributed by atoms with Crippen molar-refractivity contribution in [1.29, 1.82) is 0 Å². The maximum atomic E-state index is 13.2. The summed E-state index contributed by atoms with van der Waals surface area (Å²) in [5, 5.41) is 0.158. The Hall–Kier alpha value is -0.640. The summed E-state index contributed by atoms with van der Waals surface area (Å²) in [6, 6.07) is 5.33. The average Bonchev–Trinajstić information content (AvgIpc) is 2.33. The van der Waals surface area contributed by atoms with Gasteiger partial charge in [0.15, 0.2) is 0 Å². The van der Waals surface area contributed by atoms with Crippen LogP contribution < -0.4 is 5.73 Å². The Kier molecular flexibility index (Phi) is 6.06. The number of nitrogens with two attached hydrogens (primary N) is 1. The Morgan fingerprint density at radius 1 is 1.39 bits per heavy atom. The van der Waals surface area contributed by atoms with Gasteiger partial charge in [-0.3, -0.25) is 4.90 Å². The molecule has 0 aromatic heterocycles. The number of rotatable bonds is 6. The summed E-state index contributed by atoms with van der Waals surface area (Å²) in [4.78, 5) is 2.32. The molecule has 0 radical (unpaired) electrons. The van der Waals surface area contributed by atoms with Gasteiger partial charge in [0, 0.05) is 18.6 Å². The van der Waals surface area contributed by atoms with Crippen molar-refractivity contribution < 1.29 is 4.39 Å². The van der Waals surface area contributed by atoms with Crippen LogP contribution in [0.5, 0.6) is 0 Å². The Labute approximate surface area is 114 Å². The third-order valence-corrected chi connectivity index (χ3v) is 3.39. The predicted octanol–water partition coefficient (Wildman–Crippen LogP) is 3.60. The van der Waals surface area contributed by atoms with Crippen molar-refractivity contribution >= 4 is 11.6 Å². The molecule has 1 unspecified atom stereocenters. The van der Waals surface area contributed by atoms with E-state index in [-0.39, 0.29) is 16.9 Å². The first kappa shape index (κ1) is 15.4. The van der Waals surface area contributed by atoms with Crippen LogP contribution in [0.1, 0.15) is 38.8 Å². The van der Waals surface area contributed by atoms with E-state index in [0.29, 0.717) is 12.6 Å². The molecule has 4 heteroatoms. The molecule has 0 aliphatic rings. The van der Waals surface area contributed by atoms with Gasteiger partial charge in [-0.15, -0.1) is 0 Å². The topological polar surface area (TPSA) is 29.3 Å². The average molecular weight is 273 g/mol. The van der Waals surface area contributed by atoms with Crippen molar-refractivity contribution in [3.05, 3.63) is 34.6 Å². The zero-order valence-corrected chi connectivity index (χ0v) is 12.0. The van der Waals surface area contributed by atoms with Crippen molar-refractivity contribution in [2.75, 3.05) is 13.1 Å². The third-order valence-electron chi connectivity index (χ3n) is 3.10. The minimum Gasteiger partial charge on any atom is -0.329 e. The smallest absolute Gasteiger partial charge is 0.141 e. The fourth-order valence-electron chi connectivity index (χ4n) is 2.21. The predicted molar refractivity (Wildman–Crippen MR) is 75.3 cm³/mol. The molecule has 1 aromatic rings. The van der Waals surface area contributed by atoms with E-state index in [1.165, 1.54) is 6.07 Å². The highest BCUT2D eigenvalue weighted by atomic mass is 35.5. The second kappa shape index (κ2) is 7.07. The molecule has 102 valence electrons. The molecule has 0 aliphatic heterocycles. The SMILES string of the molecule is CCCN(C(C)C)C(CN)c1ccc(F)c(Cl)c1. The van der Waals surface area contributed by atoms with Crippen LogP contribution in [0.3, 0.4) is 0 Å². The van der Waals surface area contributed by atoms with Crippen LogP contribution in [-0.4, -0.2) is 24.0 Å². The molecule has 0 amide bonds. The fraction of sp³-hybridized carbons (Fsp3) is 0.571. The number of hydrogen-bond donors (Lipinski definition) is 1. The highest BCUT2D eigenvalue weighted by Crippen LogP contribution is 2.26. The Bertz CT molecular complexity index is 382. The molecule has 18 heavy (non-hydrogen) atoms. The second-order valence-corrected chi connectivity index (χ2v) is 5.16. The molecule has 0 aliphatic carbocycles. The molecular formula is C14H22ClFN2. The summed E-state index contributed by atoms with van der Waals surface area (Å²) >= 11 is 5.84. The van der Waals surface area contributed by atoms with Gasteiger partial charge < -0.3 is 5.73 Å². The first-order valence-electron chi connectivity index (χ1n) is 6.42. The number of hydrogen-bond acceptors (Lipinski definition) is 2. The van der Waals surface area contributed by atoms with Gasteiger partial charge in [-0.2, -0.15) is 0 Å². The number of benzene rings is 1. The molecule has 0 bridgehead atoms. The van der Waals surface area contributed by atoms with Crippen LogP contribution in [0.25, 0.3) is 0 Å². The van der Waals surface area contributed by atoms with Gasteiger partial charge in [-0.25, -0.2) is 4.39 Å². The lowest BCUT2D eigenvalue weighted by atomic mass is 10.0. The van der Waals surface area contributed by atoms with E-state index in [4.69, 9.17) is 17.3 Å². The molecule has 2 N–H and O–H groups in total. The van der Waals surface area contributed by atoms with Crippen molar-refractivity contribution in [2.45, 2.75) is 39.3 Å². The van der Waals surface area contributed by atoms with Gasteiger partial charge in [-0.05, 0) is 44.5 Å². The zero-order valence-electron chi connectivity index (χ0n) is 11.3. The molecule has 1 rings (SSSR count). The van der Waals surface area contributed by atoms with Gasteiger partial charge >= 0.3 is 0 Å². The molecule has 2 nitrogen and oxygen atoms in total. The van der Waals surface area contributed by atoms with Crippen LogP contribution in [0.4, 0.5) is 4.39 Å². The summed E-state index contributed by atoms with van der Waals surface area (Å²) in [7, 11) is 0. The van der Waals surface area contributed by atoms with Gasteiger partial charge in [0.1, 0.15) is 5.82 Å². The first-order valence-corrected chi connectivity index (χ1v) is 6.79. The van der Waals surface area contributed by atoms with Gasteiger partial charge in [-0.1, -0.05) is 24.6 Å². The molecule has 1 atom stereocenters. The molecule has 0 spiro atoms. The fourth-order valence-corrected chi connectivity index (χ4v) is 2.40. The van der Waals surface area contributed by atoms with Crippen molar-refractivity contribution in [2.24, 2.45) is 5.73 Å². The van der Waals surface area contributed by atoms with Crippen molar-refractivity contribution in [1.82, 2.24) is 4.90 Å². The maximum Gasteiger partial charge on any atom is 0.141 e. The first-order chi connectivity index (χ1) is 8.51. The molecule has 0 fully saturated rings. The lowest BCUT2D eigenvalue weighted by Crippen LogP contribution is -2.39. The lowest BCUT2D eigenvalue weighted by Gasteiger charge is -2.34. The van der Waals surface area contributed by atoms with Crippen LogP contribution in [0.2, 0.25) is 5.02 Å². The summed E-state index contributed by atoms with van der Waals surface area (Å²) in [5.74, 6) is -0.386. The largest absolute Gasteiger partial charge is 0.329 e. The van der Waals surface area contributed by atoms with Gasteiger partial charge in [0.2, 0.25) is 0 Å². The normalized spacial score (nSPS) is 13.3. The molecule has 0 saturated heterocycles. The van der Waals surface area contributed by atoms with Crippen molar-refractivity contribution in [3.8, 4) is 0 Å². The van der Waals surface area contributed by atoms with Crippen LogP contribution in [0, 0.1) is 5.82 Å². The lowest BCUT2D eigenvalue weighted by molar-refractivity contribution is 0.157. The molecular weight excluding hydrogens is 251 g/mol. The Morgan fingerprint density at radius 2 is 2.06 bits per heavy atom. The standard InChI is InChI=1S/C14H22ClFN2/c1-4-7-18(10(2)3)14(9-17)11-5-6-13(16)12(15)8-11/h5-6,8,10,14H,4,7,9,17H2,1-3H3. The van der Waals surface area contributed by atoms with E-state index in [1.54, 1.807) is 12.1 Å². The Balaban J connectivity index is 3.02. The van der Waals surface area contributed by atoms with Crippen LogP contribution >= 0.6 is 11.6 Å². The minimum absolute atomic E-state index is 0.0862. The van der Waals surface area contributed by atoms with E-state index >= 15 is 0 Å². The monoisotopic (exact) mass is 272 g/mol. The van der Waals surface area contributed by atoms with E-state index in [9.17, 15) is 4.39 Å². The van der Waals surface area contributed by atoms with Crippen molar-refractivity contribution in [3.63, 3.8) is 0 Å². The van der Waals surface area contributed by atoms with Crippen LogP contribution in [0.15, 0.2) is 18.2 Å². The minimum atomic E-state index is -0.386. The van der Waals surface area contributed by atoms with Crippen LogP contribution in [-0.2, 0) is 0 Å². The van der Waals surface area contributed by atoms with Gasteiger partial charge in [0.25, 0.3) is 0 Å². The quantitative estimate of drug-likeness (QED) is 0.857. The number of nitrogens with zero attached hydrogens (tertiary/aromatic N) is 1. The Morgan fingerprint density at radius 3 is 2.50 bits per heavy atom. The van der Waals surface area contributed by atoms with E-state index in [2.05, 4.69) is 25.7 Å². The van der Waals surface area contributed by atoms with E-state index in [0.717, 1.165) is 18.5 Å². The molecule has 0 saturated carbocycles. The molecule has 0 heterocycles. The van der Waals surface area contributed by atoms with Gasteiger partial charge in [0.05, 0.1) is 5.02 Å². The van der Waals surface area contributed by atoms with E-state index < -0.39 is 0 Å². The second-order valence-electron chi connectivity index (χ2n) is 4.76. The van der Waals surface area contributed by atoms with E-state index in [1.807, 2.05) is 0 Å². The summed E-state index contributed by atoms with van der Waals surface area (Å²) in [6.45, 7) is 7.89. The number of halogens is 2. The highest BCUT2D eigenvalue weighted by molar-refractivity contribution is 6.30. The third kappa shape index (κ3) is 3.67. The highest BCUT2D eigenvalue weighted by Gasteiger charge is 2.21. The molecule has 1 aromatic carbocycles. The summed E-state index contributed by atoms with van der Waals surface area (Å²) in [5.41, 5.74) is 6.86. The maximum absolute atomic E-state index is 13.2. The zero-order chi connectivity index (χ0) is 13.7.